The van der Waals surface area contributed by atoms with Gasteiger partial charge in [-0.1, -0.05) is 0 Å². The highest BCUT2D eigenvalue weighted by atomic mass is 16.5. The molecule has 2 aliphatic rings. The van der Waals surface area contributed by atoms with Gasteiger partial charge < -0.3 is 14.7 Å². The zero-order valence-corrected chi connectivity index (χ0v) is 10.4. The van der Waals surface area contributed by atoms with Crippen LogP contribution in [0.5, 0.6) is 0 Å². The van der Waals surface area contributed by atoms with E-state index in [9.17, 15) is 4.79 Å². The van der Waals surface area contributed by atoms with Gasteiger partial charge in [-0.15, -0.1) is 0 Å². The van der Waals surface area contributed by atoms with E-state index in [2.05, 4.69) is 4.90 Å². The lowest BCUT2D eigenvalue weighted by molar-refractivity contribution is -0.137. The molecule has 0 radical (unpaired) electrons. The number of hydrogen-bond acceptors (Lipinski definition) is 3. The van der Waals surface area contributed by atoms with Crippen molar-refractivity contribution in [2.75, 3.05) is 26.2 Å². The van der Waals surface area contributed by atoms with Gasteiger partial charge in [-0.3, -0.25) is 4.79 Å². The van der Waals surface area contributed by atoms with Crippen molar-refractivity contribution in [2.45, 2.75) is 44.6 Å². The van der Waals surface area contributed by atoms with Gasteiger partial charge in [0.25, 0.3) is 0 Å². The number of hydrogen-bond donors (Lipinski definition) is 1. The Bertz CT molecular complexity index is 251. The summed E-state index contributed by atoms with van der Waals surface area (Å²) >= 11 is 0. The summed E-state index contributed by atoms with van der Waals surface area (Å²) in [7, 11) is 0. The monoisotopic (exact) mass is 241 g/mol. The zero-order chi connectivity index (χ0) is 12.1. The lowest BCUT2D eigenvalue weighted by Gasteiger charge is -2.18. The van der Waals surface area contributed by atoms with Crippen LogP contribution in [0.3, 0.4) is 0 Å². The quantitative estimate of drug-likeness (QED) is 0.769. The molecule has 2 rings (SSSR count). The first-order valence-electron chi connectivity index (χ1n) is 6.80. The van der Waals surface area contributed by atoms with Crippen molar-refractivity contribution in [2.24, 2.45) is 5.92 Å². The second kappa shape index (κ2) is 6.36. The maximum atomic E-state index is 10.5. The van der Waals surface area contributed by atoms with Gasteiger partial charge in [0.2, 0.25) is 0 Å². The number of aliphatic carboxylic acids is 1. The van der Waals surface area contributed by atoms with Gasteiger partial charge in [-0.2, -0.15) is 0 Å². The smallest absolute Gasteiger partial charge is 0.303 e. The second-order valence-corrected chi connectivity index (χ2v) is 5.31. The number of nitrogens with zero attached hydrogens (tertiary/aromatic N) is 1. The number of likely N-dealkylation sites (tertiary alicyclic amines) is 1. The Morgan fingerprint density at radius 3 is 2.94 bits per heavy atom. The number of rotatable bonds is 6. The first kappa shape index (κ1) is 12.8. The summed E-state index contributed by atoms with van der Waals surface area (Å²) in [6, 6.07) is 0. The van der Waals surface area contributed by atoms with Crippen LogP contribution in [0.15, 0.2) is 0 Å². The average Bonchev–Trinajstić information content (AvgIpc) is 2.95. The molecular weight excluding hydrogens is 218 g/mol. The molecule has 2 atom stereocenters. The molecule has 0 aromatic carbocycles. The van der Waals surface area contributed by atoms with Gasteiger partial charge in [0.05, 0.1) is 6.10 Å². The third-order valence-electron chi connectivity index (χ3n) is 3.93. The van der Waals surface area contributed by atoms with Crippen LogP contribution >= 0.6 is 0 Å². The molecule has 0 aromatic rings. The number of carboxylic acids is 1. The van der Waals surface area contributed by atoms with Gasteiger partial charge in [0.15, 0.2) is 0 Å². The van der Waals surface area contributed by atoms with Gasteiger partial charge in [0.1, 0.15) is 0 Å². The third-order valence-corrected chi connectivity index (χ3v) is 3.93. The fourth-order valence-corrected chi connectivity index (χ4v) is 2.88. The molecule has 4 heteroatoms. The van der Waals surface area contributed by atoms with E-state index in [4.69, 9.17) is 9.84 Å². The Morgan fingerprint density at radius 1 is 1.35 bits per heavy atom. The van der Waals surface area contributed by atoms with Crippen molar-refractivity contribution < 1.29 is 14.6 Å². The molecule has 2 heterocycles. The number of carboxylic acid groups (broad SMARTS) is 1. The van der Waals surface area contributed by atoms with E-state index >= 15 is 0 Å². The average molecular weight is 241 g/mol. The van der Waals surface area contributed by atoms with E-state index in [1.807, 2.05) is 0 Å². The molecule has 0 spiro atoms. The summed E-state index contributed by atoms with van der Waals surface area (Å²) in [5.74, 6) is -0.0709. The summed E-state index contributed by atoms with van der Waals surface area (Å²) in [6.45, 7) is 4.27. The zero-order valence-electron chi connectivity index (χ0n) is 10.4. The van der Waals surface area contributed by atoms with E-state index in [0.29, 0.717) is 18.4 Å². The van der Waals surface area contributed by atoms with Crippen LogP contribution in [0, 0.1) is 5.92 Å². The molecule has 98 valence electrons. The van der Waals surface area contributed by atoms with Crippen molar-refractivity contribution in [3.8, 4) is 0 Å². The Balaban J connectivity index is 1.58. The lowest BCUT2D eigenvalue weighted by Crippen LogP contribution is -2.25. The Kier molecular flexibility index (Phi) is 4.80. The summed E-state index contributed by atoms with van der Waals surface area (Å²) in [6.07, 6.45) is 6.39. The Morgan fingerprint density at radius 2 is 2.24 bits per heavy atom. The first-order valence-corrected chi connectivity index (χ1v) is 6.80. The molecule has 2 aliphatic heterocycles. The van der Waals surface area contributed by atoms with Gasteiger partial charge in [0, 0.05) is 26.1 Å². The maximum Gasteiger partial charge on any atom is 0.303 e. The molecule has 4 nitrogen and oxygen atoms in total. The third kappa shape index (κ3) is 4.28. The summed E-state index contributed by atoms with van der Waals surface area (Å²) in [4.78, 5) is 13.0. The predicted molar refractivity (Wildman–Crippen MR) is 65.0 cm³/mol. The minimum absolute atomic E-state index is 0.324. The molecule has 2 unspecified atom stereocenters. The van der Waals surface area contributed by atoms with Crippen molar-refractivity contribution in [3.63, 3.8) is 0 Å². The molecule has 0 aliphatic carbocycles. The highest BCUT2D eigenvalue weighted by molar-refractivity contribution is 5.66. The van der Waals surface area contributed by atoms with Crippen LogP contribution in [0.1, 0.15) is 38.5 Å². The van der Waals surface area contributed by atoms with Crippen LogP contribution in [-0.4, -0.2) is 48.3 Å². The Hall–Kier alpha value is -0.610. The highest BCUT2D eigenvalue weighted by Crippen LogP contribution is 2.22. The van der Waals surface area contributed by atoms with Gasteiger partial charge in [-0.05, 0) is 44.6 Å². The van der Waals surface area contributed by atoms with E-state index in [0.717, 1.165) is 39.1 Å². The van der Waals surface area contributed by atoms with E-state index in [-0.39, 0.29) is 0 Å². The van der Waals surface area contributed by atoms with Crippen LogP contribution < -0.4 is 0 Å². The second-order valence-electron chi connectivity index (χ2n) is 5.31. The number of carbonyl (C=O) groups is 1. The lowest BCUT2D eigenvalue weighted by atomic mass is 10.0. The fourth-order valence-electron chi connectivity index (χ4n) is 2.88. The molecule has 0 bridgehead atoms. The van der Waals surface area contributed by atoms with Gasteiger partial charge >= 0.3 is 5.97 Å². The maximum absolute atomic E-state index is 10.5. The molecular formula is C13H23NO3. The van der Waals surface area contributed by atoms with Crippen LogP contribution in [0.25, 0.3) is 0 Å². The topological polar surface area (TPSA) is 49.8 Å². The van der Waals surface area contributed by atoms with Crippen molar-refractivity contribution in [3.05, 3.63) is 0 Å². The fraction of sp³-hybridized carbons (Fsp3) is 0.923. The first-order chi connectivity index (χ1) is 8.24. The minimum atomic E-state index is -0.664. The van der Waals surface area contributed by atoms with Crippen LogP contribution in [0.2, 0.25) is 0 Å². The molecule has 0 saturated carbocycles. The van der Waals surface area contributed by atoms with E-state index in [1.165, 1.54) is 19.3 Å². The van der Waals surface area contributed by atoms with E-state index in [1.54, 1.807) is 0 Å². The molecule has 1 N–H and O–H groups in total. The minimum Gasteiger partial charge on any atom is -0.481 e. The normalized spacial score (nSPS) is 29.9. The van der Waals surface area contributed by atoms with Gasteiger partial charge in [-0.25, -0.2) is 0 Å². The van der Waals surface area contributed by atoms with Crippen LogP contribution in [0.4, 0.5) is 0 Å². The highest BCUT2D eigenvalue weighted by Gasteiger charge is 2.24. The molecule has 0 amide bonds. The van der Waals surface area contributed by atoms with E-state index < -0.39 is 5.97 Å². The number of ether oxygens (including phenoxy) is 1. The summed E-state index contributed by atoms with van der Waals surface area (Å²) in [5.41, 5.74) is 0. The van der Waals surface area contributed by atoms with Crippen LogP contribution in [-0.2, 0) is 9.53 Å². The summed E-state index contributed by atoms with van der Waals surface area (Å²) in [5, 5.41) is 8.66. The molecule has 17 heavy (non-hydrogen) atoms. The molecule has 0 aromatic heterocycles. The largest absolute Gasteiger partial charge is 0.481 e. The predicted octanol–water partition coefficient (Wildman–Crippen LogP) is 1.74. The summed E-state index contributed by atoms with van der Waals surface area (Å²) < 4.78 is 5.61. The Labute approximate surface area is 103 Å². The molecule has 2 saturated heterocycles. The van der Waals surface area contributed by atoms with Crippen molar-refractivity contribution in [1.29, 1.82) is 0 Å². The standard InChI is InChI=1S/C13H23NO3/c15-13(16)4-3-11-5-7-14(10-11)8-6-12-2-1-9-17-12/h11-12H,1-10H2,(H,15,16). The van der Waals surface area contributed by atoms with Crippen molar-refractivity contribution >= 4 is 5.97 Å². The molecule has 2 fully saturated rings. The SMILES string of the molecule is O=C(O)CCC1CCN(CCC2CCCO2)C1. The van der Waals surface area contributed by atoms with Crippen molar-refractivity contribution in [1.82, 2.24) is 4.90 Å².